The van der Waals surface area contributed by atoms with Crippen molar-refractivity contribution < 1.29 is 14.7 Å². The Morgan fingerprint density at radius 3 is 1.58 bits per heavy atom. The van der Waals surface area contributed by atoms with Gasteiger partial charge in [0.05, 0.1) is 0 Å². The molecule has 2 saturated heterocycles. The molecule has 2 fully saturated rings. The first kappa shape index (κ1) is 30.7. The first-order valence-electron chi connectivity index (χ1n) is 16.0. The standard InChI is InChI=1S/C32H55N3O3/c1-2-3-4-5-6-7-8-9-10-11-12-13-14-15-16-17-22-31(34-25-18-20-29(34)37)23-24-32(33,27-28(31)36)35-26-19-21-30(35)38/h23-24,27,36H,2-22,25-26,33H2,1H3. The average molecular weight is 530 g/mol. The third-order valence-electron chi connectivity index (χ3n) is 8.94. The lowest BCUT2D eigenvalue weighted by atomic mass is 9.81. The molecule has 0 radical (unpaired) electrons. The zero-order valence-corrected chi connectivity index (χ0v) is 24.2. The Bertz CT molecular complexity index is 810. The van der Waals surface area contributed by atoms with E-state index >= 15 is 0 Å². The van der Waals surface area contributed by atoms with Gasteiger partial charge in [-0.1, -0.05) is 116 Å². The minimum atomic E-state index is -1.11. The van der Waals surface area contributed by atoms with Crippen molar-refractivity contribution in [2.45, 2.75) is 153 Å². The van der Waals surface area contributed by atoms with Crippen LogP contribution in [0.3, 0.4) is 0 Å². The molecule has 0 aromatic carbocycles. The summed E-state index contributed by atoms with van der Waals surface area (Å²) in [6.45, 7) is 3.52. The van der Waals surface area contributed by atoms with Gasteiger partial charge in [0.2, 0.25) is 11.8 Å². The van der Waals surface area contributed by atoms with Crippen LogP contribution >= 0.6 is 0 Å². The highest BCUT2D eigenvalue weighted by Gasteiger charge is 2.48. The van der Waals surface area contributed by atoms with Crippen LogP contribution in [-0.2, 0) is 9.59 Å². The molecule has 3 N–H and O–H groups in total. The molecule has 0 saturated carbocycles. The fourth-order valence-corrected chi connectivity index (χ4v) is 6.56. The maximum absolute atomic E-state index is 12.7. The summed E-state index contributed by atoms with van der Waals surface area (Å²) in [5.41, 5.74) is 4.63. The van der Waals surface area contributed by atoms with Crippen LogP contribution in [0.4, 0.5) is 0 Å². The van der Waals surface area contributed by atoms with Crippen LogP contribution in [0, 0.1) is 0 Å². The van der Waals surface area contributed by atoms with Crippen LogP contribution in [-0.4, -0.2) is 51.0 Å². The summed E-state index contributed by atoms with van der Waals surface area (Å²) in [4.78, 5) is 28.5. The van der Waals surface area contributed by atoms with Crippen molar-refractivity contribution in [3.8, 4) is 0 Å². The van der Waals surface area contributed by atoms with Gasteiger partial charge in [-0.2, -0.15) is 0 Å². The molecule has 2 heterocycles. The second-order valence-corrected chi connectivity index (χ2v) is 12.0. The fourth-order valence-electron chi connectivity index (χ4n) is 6.56. The number of aliphatic hydroxyl groups is 1. The minimum absolute atomic E-state index is 0.0174. The highest BCUT2D eigenvalue weighted by molar-refractivity contribution is 5.81. The molecule has 2 atom stereocenters. The molecule has 2 aliphatic heterocycles. The number of likely N-dealkylation sites (tertiary alicyclic amines) is 2. The predicted molar refractivity (Wildman–Crippen MR) is 156 cm³/mol. The van der Waals surface area contributed by atoms with Crippen molar-refractivity contribution in [1.82, 2.24) is 9.80 Å². The molecule has 1 aliphatic carbocycles. The number of unbranched alkanes of at least 4 members (excludes halogenated alkanes) is 15. The van der Waals surface area contributed by atoms with Crippen molar-refractivity contribution >= 4 is 11.8 Å². The molecule has 0 spiro atoms. The van der Waals surface area contributed by atoms with E-state index in [0.29, 0.717) is 32.4 Å². The van der Waals surface area contributed by atoms with Crippen molar-refractivity contribution in [2.75, 3.05) is 13.1 Å². The molecule has 6 nitrogen and oxygen atoms in total. The van der Waals surface area contributed by atoms with E-state index in [9.17, 15) is 14.7 Å². The number of rotatable bonds is 19. The summed E-state index contributed by atoms with van der Waals surface area (Å²) in [5, 5.41) is 11.3. The van der Waals surface area contributed by atoms with Gasteiger partial charge in [0, 0.05) is 32.0 Å². The van der Waals surface area contributed by atoms with Crippen LogP contribution in [0.25, 0.3) is 0 Å². The molecule has 2 unspecified atom stereocenters. The Morgan fingerprint density at radius 2 is 1.16 bits per heavy atom. The van der Waals surface area contributed by atoms with Crippen molar-refractivity contribution in [3.05, 3.63) is 24.0 Å². The molecule has 6 heteroatoms. The van der Waals surface area contributed by atoms with E-state index in [1.807, 2.05) is 17.1 Å². The second-order valence-electron chi connectivity index (χ2n) is 12.0. The number of amides is 2. The topological polar surface area (TPSA) is 86.9 Å². The highest BCUT2D eigenvalue weighted by atomic mass is 16.3. The van der Waals surface area contributed by atoms with Gasteiger partial charge in [0.1, 0.15) is 17.0 Å². The van der Waals surface area contributed by atoms with E-state index in [2.05, 4.69) is 6.92 Å². The SMILES string of the molecule is CCCCCCCCCCCCCCCCCCC1(N2CCCC2=O)C=CC(N)(N2CCCC2=O)C=C1O. The van der Waals surface area contributed by atoms with E-state index < -0.39 is 11.2 Å². The van der Waals surface area contributed by atoms with Gasteiger partial charge in [0.15, 0.2) is 0 Å². The van der Waals surface area contributed by atoms with Crippen molar-refractivity contribution in [2.24, 2.45) is 5.73 Å². The first-order chi connectivity index (χ1) is 18.4. The second kappa shape index (κ2) is 15.7. The average Bonchev–Trinajstić information content (AvgIpc) is 3.54. The summed E-state index contributed by atoms with van der Waals surface area (Å²) in [7, 11) is 0. The summed E-state index contributed by atoms with van der Waals surface area (Å²) < 4.78 is 0. The number of nitrogens with two attached hydrogens (primary N) is 1. The Morgan fingerprint density at radius 1 is 0.711 bits per heavy atom. The molecule has 0 aromatic rings. The van der Waals surface area contributed by atoms with Gasteiger partial charge < -0.3 is 20.6 Å². The fraction of sp³-hybridized carbons (Fsp3) is 0.812. The Labute approximate surface area is 232 Å². The predicted octanol–water partition coefficient (Wildman–Crippen LogP) is 7.29. The molecule has 0 bridgehead atoms. The normalized spacial score (nSPS) is 25.6. The molecule has 3 aliphatic rings. The number of carbonyl (C=O) groups excluding carboxylic acids is 2. The number of carbonyl (C=O) groups is 2. The molecule has 38 heavy (non-hydrogen) atoms. The van der Waals surface area contributed by atoms with E-state index in [4.69, 9.17) is 5.73 Å². The molecule has 2 amide bonds. The van der Waals surface area contributed by atoms with Crippen LogP contribution < -0.4 is 5.73 Å². The third-order valence-corrected chi connectivity index (χ3v) is 8.94. The zero-order chi connectivity index (χ0) is 27.3. The molecule has 3 rings (SSSR count). The van der Waals surface area contributed by atoms with E-state index in [1.54, 1.807) is 11.0 Å². The molecular formula is C32H55N3O3. The van der Waals surface area contributed by atoms with E-state index in [-0.39, 0.29) is 17.6 Å². The van der Waals surface area contributed by atoms with Crippen LogP contribution in [0.15, 0.2) is 24.0 Å². The maximum atomic E-state index is 12.7. The first-order valence-corrected chi connectivity index (χ1v) is 16.0. The number of hydrogen-bond acceptors (Lipinski definition) is 4. The molecule has 216 valence electrons. The van der Waals surface area contributed by atoms with Crippen LogP contribution in [0.1, 0.15) is 142 Å². The lowest BCUT2D eigenvalue weighted by Gasteiger charge is -2.45. The molecular weight excluding hydrogens is 474 g/mol. The van der Waals surface area contributed by atoms with Gasteiger partial charge in [-0.25, -0.2) is 0 Å². The summed E-state index contributed by atoms with van der Waals surface area (Å²) >= 11 is 0. The van der Waals surface area contributed by atoms with Crippen molar-refractivity contribution in [1.29, 1.82) is 0 Å². The van der Waals surface area contributed by atoms with E-state index in [1.165, 1.54) is 89.9 Å². The quantitative estimate of drug-likeness (QED) is 0.136. The maximum Gasteiger partial charge on any atom is 0.224 e. The third kappa shape index (κ3) is 8.34. The highest BCUT2D eigenvalue weighted by Crippen LogP contribution is 2.40. The summed E-state index contributed by atoms with van der Waals surface area (Å²) in [5.74, 6) is 0.232. The van der Waals surface area contributed by atoms with Crippen LogP contribution in [0.2, 0.25) is 0 Å². The summed E-state index contributed by atoms with van der Waals surface area (Å²) in [6.07, 6.45) is 29.8. The minimum Gasteiger partial charge on any atom is -0.510 e. The number of hydrogen-bond donors (Lipinski definition) is 2. The largest absolute Gasteiger partial charge is 0.510 e. The monoisotopic (exact) mass is 529 g/mol. The van der Waals surface area contributed by atoms with Crippen molar-refractivity contribution in [3.63, 3.8) is 0 Å². The Kier molecular flexibility index (Phi) is 12.7. The van der Waals surface area contributed by atoms with Gasteiger partial charge in [-0.15, -0.1) is 0 Å². The van der Waals surface area contributed by atoms with Gasteiger partial charge in [0.25, 0.3) is 0 Å². The van der Waals surface area contributed by atoms with Crippen LogP contribution in [0.5, 0.6) is 0 Å². The smallest absolute Gasteiger partial charge is 0.224 e. The molecule has 0 aromatic heterocycles. The summed E-state index contributed by atoms with van der Waals surface area (Å²) in [6, 6.07) is 0. The van der Waals surface area contributed by atoms with E-state index in [0.717, 1.165) is 25.7 Å². The Hall–Kier alpha value is -1.82. The van der Waals surface area contributed by atoms with Gasteiger partial charge in [-0.05, 0) is 25.3 Å². The number of aliphatic hydroxyl groups excluding tert-OH is 1. The number of nitrogens with zero attached hydrogens (tertiary/aromatic N) is 2. The zero-order valence-electron chi connectivity index (χ0n) is 24.2. The lowest BCUT2D eigenvalue weighted by molar-refractivity contribution is -0.133. The lowest BCUT2D eigenvalue weighted by Crippen LogP contribution is -2.59. The van der Waals surface area contributed by atoms with Gasteiger partial charge in [-0.3, -0.25) is 9.59 Å². The van der Waals surface area contributed by atoms with Gasteiger partial charge >= 0.3 is 0 Å². The Balaban J connectivity index is 1.35.